The molecule has 0 amide bonds. The van der Waals surface area contributed by atoms with Crippen molar-refractivity contribution in [2.75, 3.05) is 9.80 Å². The minimum absolute atomic E-state index is 0.495. The highest BCUT2D eigenvalue weighted by Crippen LogP contribution is 2.64. The maximum atomic E-state index is 2.52. The number of rotatable bonds is 6. The quantitative estimate of drug-likeness (QED) is 0.165. The number of fused-ring (bicyclic) bond motifs is 12. The first-order valence-corrected chi connectivity index (χ1v) is 22.1. The van der Waals surface area contributed by atoms with Crippen LogP contribution in [0.25, 0.3) is 43.8 Å². The van der Waals surface area contributed by atoms with Crippen LogP contribution < -0.4 is 9.80 Å². The molecule has 0 fully saturated rings. The van der Waals surface area contributed by atoms with E-state index in [0.29, 0.717) is 0 Å². The molecule has 0 unspecified atom stereocenters. The Morgan fingerprint density at radius 1 is 0.286 bits per heavy atom. The van der Waals surface area contributed by atoms with Gasteiger partial charge in [-0.1, -0.05) is 121 Å². The second kappa shape index (κ2) is 14.2. The van der Waals surface area contributed by atoms with Crippen molar-refractivity contribution in [3.8, 4) is 22.3 Å². The highest BCUT2D eigenvalue weighted by Gasteiger charge is 2.51. The van der Waals surface area contributed by atoms with Gasteiger partial charge < -0.3 is 9.80 Å². The van der Waals surface area contributed by atoms with Gasteiger partial charge in [0.15, 0.2) is 0 Å². The van der Waals surface area contributed by atoms with E-state index in [1.807, 2.05) is 0 Å². The summed E-state index contributed by atoms with van der Waals surface area (Å²) >= 11 is 0. The van der Waals surface area contributed by atoms with E-state index in [-0.39, 0.29) is 0 Å². The predicted molar refractivity (Wildman–Crippen MR) is 266 cm³/mol. The van der Waals surface area contributed by atoms with Crippen molar-refractivity contribution >= 4 is 55.7 Å². The zero-order valence-corrected chi connectivity index (χ0v) is 36.0. The molecule has 300 valence electrons. The third kappa shape index (κ3) is 5.64. The molecule has 2 aliphatic rings. The molecule has 0 N–H and O–H groups in total. The lowest BCUT2D eigenvalue weighted by Crippen LogP contribution is -2.25. The van der Waals surface area contributed by atoms with Gasteiger partial charge in [-0.15, -0.1) is 0 Å². The van der Waals surface area contributed by atoms with Gasteiger partial charge in [0, 0.05) is 34.1 Å². The van der Waals surface area contributed by atoms with Crippen LogP contribution in [0, 0.1) is 27.7 Å². The minimum atomic E-state index is -0.495. The first-order valence-electron chi connectivity index (χ1n) is 22.1. The van der Waals surface area contributed by atoms with Gasteiger partial charge in [0.05, 0.1) is 5.41 Å². The monoisotopic (exact) mass is 806 g/mol. The van der Waals surface area contributed by atoms with E-state index in [9.17, 15) is 0 Å². The summed E-state index contributed by atoms with van der Waals surface area (Å²) in [6, 6.07) is 77.3. The van der Waals surface area contributed by atoms with Crippen molar-refractivity contribution in [3.63, 3.8) is 0 Å². The summed E-state index contributed by atoms with van der Waals surface area (Å²) < 4.78 is 0. The molecule has 0 atom stereocenters. The van der Waals surface area contributed by atoms with Gasteiger partial charge in [0.1, 0.15) is 0 Å². The van der Waals surface area contributed by atoms with Crippen LogP contribution in [0.5, 0.6) is 0 Å². The Bertz CT molecular complexity index is 3220. The number of hydrogen-bond donors (Lipinski definition) is 0. The second-order valence-electron chi connectivity index (χ2n) is 17.6. The summed E-state index contributed by atoms with van der Waals surface area (Å²) in [5.74, 6) is 0. The Balaban J connectivity index is 1.11. The molecule has 0 aliphatic heterocycles. The van der Waals surface area contributed by atoms with Crippen LogP contribution in [-0.2, 0) is 5.41 Å². The van der Waals surface area contributed by atoms with Crippen molar-refractivity contribution in [2.45, 2.75) is 33.1 Å². The summed E-state index contributed by atoms with van der Waals surface area (Å²) in [5, 5.41) is 4.92. The fraction of sp³-hybridized carbons (Fsp3) is 0.0820. The topological polar surface area (TPSA) is 6.48 Å². The van der Waals surface area contributed by atoms with Crippen LogP contribution in [0.3, 0.4) is 0 Å². The number of para-hydroxylation sites is 2. The van der Waals surface area contributed by atoms with Gasteiger partial charge in [0.25, 0.3) is 0 Å². The maximum absolute atomic E-state index is 2.52. The Hall–Kier alpha value is -7.68. The molecular formula is C61H46N2. The molecule has 2 nitrogen and oxygen atoms in total. The molecule has 0 aromatic heterocycles. The molecule has 2 aliphatic carbocycles. The van der Waals surface area contributed by atoms with Crippen LogP contribution >= 0.6 is 0 Å². The number of nitrogens with zero attached hydrogens (tertiary/aromatic N) is 2. The first-order chi connectivity index (χ1) is 30.9. The molecule has 10 aromatic carbocycles. The Kier molecular flexibility index (Phi) is 8.36. The van der Waals surface area contributed by atoms with Crippen LogP contribution in [0.1, 0.15) is 44.5 Å². The summed E-state index contributed by atoms with van der Waals surface area (Å²) in [4.78, 5) is 4.84. The Labute approximate surface area is 370 Å². The molecule has 0 radical (unpaired) electrons. The third-order valence-electron chi connectivity index (χ3n) is 13.7. The SMILES string of the molecule is Cc1ccc(C)c(N(c2ccccc2)c2ccc3cc4c(cc3c2)C2(c3ccccc3-c3ccccc32)c2cc3cc(N(c5ccccc5)c5cc(C)ccc5C)ccc3cc2-4)c1. The molecule has 0 saturated carbocycles. The molecule has 0 bridgehead atoms. The van der Waals surface area contributed by atoms with E-state index in [0.717, 1.165) is 22.7 Å². The number of hydrogen-bond acceptors (Lipinski definition) is 2. The van der Waals surface area contributed by atoms with E-state index in [4.69, 9.17) is 0 Å². The largest absolute Gasteiger partial charge is 0.310 e. The minimum Gasteiger partial charge on any atom is -0.310 e. The normalized spacial score (nSPS) is 12.9. The van der Waals surface area contributed by atoms with Crippen LogP contribution in [0.2, 0.25) is 0 Å². The van der Waals surface area contributed by atoms with Crippen LogP contribution in [0.15, 0.2) is 206 Å². The number of anilines is 6. The van der Waals surface area contributed by atoms with Gasteiger partial charge in [-0.3, -0.25) is 0 Å². The number of benzene rings is 10. The predicted octanol–water partition coefficient (Wildman–Crippen LogP) is 16.5. The van der Waals surface area contributed by atoms with Gasteiger partial charge in [-0.2, -0.15) is 0 Å². The zero-order chi connectivity index (χ0) is 42.4. The van der Waals surface area contributed by atoms with Crippen molar-refractivity contribution in [1.29, 1.82) is 0 Å². The average Bonchev–Trinajstić information content (AvgIpc) is 3.76. The molecule has 1 spiro atoms. The fourth-order valence-electron chi connectivity index (χ4n) is 10.8. The van der Waals surface area contributed by atoms with Gasteiger partial charge >= 0.3 is 0 Å². The summed E-state index contributed by atoms with van der Waals surface area (Å²) in [7, 11) is 0. The summed E-state index contributed by atoms with van der Waals surface area (Å²) in [5.41, 5.74) is 22.0. The van der Waals surface area contributed by atoms with E-state index in [1.165, 1.54) is 99.7 Å². The smallest absolute Gasteiger partial charge is 0.0725 e. The second-order valence-corrected chi connectivity index (χ2v) is 17.6. The third-order valence-corrected chi connectivity index (χ3v) is 13.7. The highest BCUT2D eigenvalue weighted by atomic mass is 15.1. The van der Waals surface area contributed by atoms with Gasteiger partial charge in [0.2, 0.25) is 0 Å². The van der Waals surface area contributed by atoms with E-state index < -0.39 is 5.41 Å². The lowest BCUT2D eigenvalue weighted by molar-refractivity contribution is 0.796. The molecule has 0 saturated heterocycles. The zero-order valence-electron chi connectivity index (χ0n) is 36.0. The van der Waals surface area contributed by atoms with Crippen molar-refractivity contribution in [2.24, 2.45) is 0 Å². The Morgan fingerprint density at radius 2 is 0.698 bits per heavy atom. The molecular weight excluding hydrogens is 761 g/mol. The highest BCUT2D eigenvalue weighted by molar-refractivity contribution is 6.04. The maximum Gasteiger partial charge on any atom is 0.0725 e. The summed E-state index contributed by atoms with van der Waals surface area (Å²) in [6.45, 7) is 8.78. The van der Waals surface area contributed by atoms with Crippen molar-refractivity contribution in [3.05, 3.63) is 251 Å². The van der Waals surface area contributed by atoms with Gasteiger partial charge in [-0.05, 0) is 201 Å². The lowest BCUT2D eigenvalue weighted by atomic mass is 9.70. The van der Waals surface area contributed by atoms with E-state index in [1.54, 1.807) is 0 Å². The Morgan fingerprint density at radius 3 is 1.14 bits per heavy atom. The van der Waals surface area contributed by atoms with E-state index >= 15 is 0 Å². The first kappa shape index (κ1) is 37.1. The molecule has 12 rings (SSSR count). The van der Waals surface area contributed by atoms with E-state index in [2.05, 4.69) is 244 Å². The van der Waals surface area contributed by atoms with Crippen LogP contribution in [-0.4, -0.2) is 0 Å². The van der Waals surface area contributed by atoms with Crippen LogP contribution in [0.4, 0.5) is 34.1 Å². The standard InChI is InChI=1S/C61H46N2/c1-39-23-25-41(3)59(31-39)62(47-15-7-5-8-16-47)49-29-27-43-35-53-54-36-44-28-30-50(63(48-17-9-6-10-18-48)60-32-40(2)24-26-42(60)4)34-46(44)38-58(54)61(57(53)37-45(43)33-49)55-21-13-11-19-51(55)52-20-12-14-22-56(52)61/h5-38H,1-4H3. The fourth-order valence-corrected chi connectivity index (χ4v) is 10.8. The molecule has 2 heteroatoms. The van der Waals surface area contributed by atoms with Crippen molar-refractivity contribution in [1.82, 2.24) is 0 Å². The summed E-state index contributed by atoms with van der Waals surface area (Å²) in [6.07, 6.45) is 0. The van der Waals surface area contributed by atoms with Gasteiger partial charge in [-0.25, -0.2) is 0 Å². The average molecular weight is 807 g/mol. The lowest BCUT2D eigenvalue weighted by Gasteiger charge is -2.31. The molecule has 0 heterocycles. The van der Waals surface area contributed by atoms with Crippen molar-refractivity contribution < 1.29 is 0 Å². The molecule has 10 aromatic rings. The number of aryl methyl sites for hydroxylation is 4. The molecule has 63 heavy (non-hydrogen) atoms.